The zero-order valence-corrected chi connectivity index (χ0v) is 18.5. The summed E-state index contributed by atoms with van der Waals surface area (Å²) in [5.41, 5.74) is 1.23. The van der Waals surface area contributed by atoms with E-state index >= 15 is 0 Å². The van der Waals surface area contributed by atoms with Gasteiger partial charge in [0.15, 0.2) is 0 Å². The van der Waals surface area contributed by atoms with E-state index in [0.717, 1.165) is 12.8 Å². The summed E-state index contributed by atoms with van der Waals surface area (Å²) in [5.74, 6) is 1.04. The van der Waals surface area contributed by atoms with Crippen molar-refractivity contribution in [2.45, 2.75) is 85.2 Å². The Bertz CT molecular complexity index is 463. The molecule has 2 saturated carbocycles. The Balaban J connectivity index is 2.16. The SMILES string of the molecule is C/C(=C/COPP)CC[C@@]1(O)C(C)CCC2C(C)(C)CCC[C@@]21C. The van der Waals surface area contributed by atoms with E-state index < -0.39 is 5.60 Å². The first kappa shape index (κ1) is 20.8. The van der Waals surface area contributed by atoms with Gasteiger partial charge in [-0.1, -0.05) is 54.7 Å². The summed E-state index contributed by atoms with van der Waals surface area (Å²) in [7, 11) is 3.08. The van der Waals surface area contributed by atoms with E-state index in [9.17, 15) is 5.11 Å². The van der Waals surface area contributed by atoms with Crippen molar-refractivity contribution in [3.05, 3.63) is 11.6 Å². The van der Waals surface area contributed by atoms with Gasteiger partial charge in [0.05, 0.1) is 12.2 Å². The van der Waals surface area contributed by atoms with E-state index in [4.69, 9.17) is 4.52 Å². The lowest BCUT2D eigenvalue weighted by molar-refractivity contribution is -0.211. The van der Waals surface area contributed by atoms with Gasteiger partial charge in [-0.3, -0.25) is 0 Å². The molecule has 4 heteroatoms. The maximum Gasteiger partial charge on any atom is 0.0732 e. The summed E-state index contributed by atoms with van der Waals surface area (Å²) in [6.45, 7) is 12.4. The van der Waals surface area contributed by atoms with Crippen molar-refractivity contribution >= 4 is 17.4 Å². The second-order valence-electron chi connectivity index (χ2n) is 9.19. The van der Waals surface area contributed by atoms with Crippen LogP contribution in [0.4, 0.5) is 0 Å². The molecular weight excluding hydrogens is 334 g/mol. The molecule has 0 amide bonds. The molecule has 0 aromatic carbocycles. The highest BCUT2D eigenvalue weighted by Gasteiger charge is 2.60. The van der Waals surface area contributed by atoms with Gasteiger partial charge in [0.25, 0.3) is 0 Å². The molecule has 1 N–H and O–H groups in total. The van der Waals surface area contributed by atoms with Crippen LogP contribution in [0.15, 0.2) is 11.6 Å². The number of hydrogen-bond acceptors (Lipinski definition) is 2. The summed E-state index contributed by atoms with van der Waals surface area (Å²) < 4.78 is 5.43. The van der Waals surface area contributed by atoms with Gasteiger partial charge in [0, 0.05) is 8.50 Å². The van der Waals surface area contributed by atoms with Crippen LogP contribution >= 0.6 is 17.4 Å². The summed E-state index contributed by atoms with van der Waals surface area (Å²) in [6, 6.07) is 0. The Labute approximate surface area is 153 Å². The van der Waals surface area contributed by atoms with Crippen molar-refractivity contribution in [2.24, 2.45) is 22.7 Å². The van der Waals surface area contributed by atoms with E-state index in [1.54, 1.807) is 0 Å². The molecule has 0 heterocycles. The normalized spacial score (nSPS) is 40.0. The van der Waals surface area contributed by atoms with Crippen molar-refractivity contribution in [1.82, 2.24) is 0 Å². The molecule has 0 aromatic rings. The van der Waals surface area contributed by atoms with Crippen LogP contribution < -0.4 is 0 Å². The maximum atomic E-state index is 11.9. The van der Waals surface area contributed by atoms with Gasteiger partial charge in [0.2, 0.25) is 0 Å². The second-order valence-corrected chi connectivity index (χ2v) is 10.4. The zero-order chi connectivity index (χ0) is 18.0. The van der Waals surface area contributed by atoms with Crippen molar-refractivity contribution in [3.63, 3.8) is 0 Å². The van der Waals surface area contributed by atoms with Gasteiger partial charge in [-0.25, -0.2) is 0 Å². The smallest absolute Gasteiger partial charge is 0.0732 e. The van der Waals surface area contributed by atoms with E-state index in [1.807, 2.05) is 0 Å². The summed E-state index contributed by atoms with van der Waals surface area (Å²) in [4.78, 5) is 0. The first-order chi connectivity index (χ1) is 11.2. The average molecular weight is 372 g/mol. The number of fused-ring (bicyclic) bond motifs is 1. The van der Waals surface area contributed by atoms with E-state index in [-0.39, 0.29) is 5.41 Å². The highest BCUT2D eigenvalue weighted by atomic mass is 32.0. The van der Waals surface area contributed by atoms with E-state index in [1.165, 1.54) is 37.7 Å². The average Bonchev–Trinajstić information content (AvgIpc) is 2.50. The lowest BCUT2D eigenvalue weighted by atomic mass is 9.44. The molecule has 2 aliphatic carbocycles. The molecule has 2 aliphatic rings. The quantitative estimate of drug-likeness (QED) is 0.346. The molecule has 0 radical (unpaired) electrons. The molecular formula is C20H38O2P2. The van der Waals surface area contributed by atoms with Gasteiger partial charge in [-0.15, -0.1) is 0 Å². The monoisotopic (exact) mass is 372 g/mol. The number of allylic oxidation sites excluding steroid dienone is 1. The van der Waals surface area contributed by atoms with Crippen LogP contribution in [0.2, 0.25) is 0 Å². The van der Waals surface area contributed by atoms with Crippen molar-refractivity contribution < 1.29 is 9.63 Å². The first-order valence-corrected chi connectivity index (χ1v) is 12.3. The fourth-order valence-corrected chi connectivity index (χ4v) is 6.29. The Kier molecular flexibility index (Phi) is 6.98. The highest BCUT2D eigenvalue weighted by Crippen LogP contribution is 2.63. The van der Waals surface area contributed by atoms with Gasteiger partial charge >= 0.3 is 0 Å². The molecule has 0 spiro atoms. The lowest BCUT2D eigenvalue weighted by Gasteiger charge is -2.63. The van der Waals surface area contributed by atoms with Crippen LogP contribution in [-0.4, -0.2) is 17.3 Å². The van der Waals surface area contributed by atoms with Crippen LogP contribution in [0.3, 0.4) is 0 Å². The number of aliphatic hydroxyl groups is 1. The summed E-state index contributed by atoms with van der Waals surface area (Å²) in [6.07, 6.45) is 10.2. The highest BCUT2D eigenvalue weighted by molar-refractivity contribution is 8.00. The second kappa shape index (κ2) is 8.04. The van der Waals surface area contributed by atoms with E-state index in [0.29, 0.717) is 32.4 Å². The first-order valence-electron chi connectivity index (χ1n) is 9.63. The van der Waals surface area contributed by atoms with Crippen LogP contribution in [0.1, 0.15) is 79.6 Å². The molecule has 24 heavy (non-hydrogen) atoms. The molecule has 0 saturated heterocycles. The fourth-order valence-electron chi connectivity index (χ4n) is 5.82. The minimum atomic E-state index is -0.536. The Morgan fingerprint density at radius 3 is 2.67 bits per heavy atom. The Hall–Kier alpha value is 0.520. The number of rotatable bonds is 6. The minimum absolute atomic E-state index is 0.0602. The molecule has 140 valence electrons. The van der Waals surface area contributed by atoms with Crippen LogP contribution in [0.25, 0.3) is 0 Å². The third kappa shape index (κ3) is 3.93. The fraction of sp³-hybridized carbons (Fsp3) is 0.900. The van der Waals surface area contributed by atoms with Crippen molar-refractivity contribution in [1.29, 1.82) is 0 Å². The third-order valence-electron chi connectivity index (χ3n) is 7.42. The van der Waals surface area contributed by atoms with Crippen molar-refractivity contribution in [3.8, 4) is 0 Å². The topological polar surface area (TPSA) is 29.5 Å². The molecule has 0 aromatic heterocycles. The number of hydrogen-bond donors (Lipinski definition) is 1. The molecule has 2 rings (SSSR count). The minimum Gasteiger partial charge on any atom is -0.389 e. The third-order valence-corrected chi connectivity index (χ3v) is 8.25. The van der Waals surface area contributed by atoms with Crippen molar-refractivity contribution in [2.75, 3.05) is 6.61 Å². The Morgan fingerprint density at radius 2 is 2.00 bits per heavy atom. The summed E-state index contributed by atoms with van der Waals surface area (Å²) >= 11 is 0. The summed E-state index contributed by atoms with van der Waals surface area (Å²) in [5, 5.41) is 11.9. The Morgan fingerprint density at radius 1 is 1.29 bits per heavy atom. The van der Waals surface area contributed by atoms with Crippen LogP contribution in [0, 0.1) is 22.7 Å². The lowest BCUT2D eigenvalue weighted by Crippen LogP contribution is -2.62. The van der Waals surface area contributed by atoms with Gasteiger partial charge in [0.1, 0.15) is 0 Å². The molecule has 2 nitrogen and oxygen atoms in total. The van der Waals surface area contributed by atoms with Gasteiger partial charge < -0.3 is 9.63 Å². The molecule has 0 bridgehead atoms. The molecule has 6 atom stereocenters. The van der Waals surface area contributed by atoms with Crippen LogP contribution in [0.5, 0.6) is 0 Å². The zero-order valence-electron chi connectivity index (χ0n) is 16.3. The van der Waals surface area contributed by atoms with Gasteiger partial charge in [-0.05, 0) is 68.1 Å². The van der Waals surface area contributed by atoms with Crippen LogP contribution in [-0.2, 0) is 4.52 Å². The van der Waals surface area contributed by atoms with Gasteiger partial charge in [-0.2, -0.15) is 0 Å². The maximum absolute atomic E-state index is 11.9. The van der Waals surface area contributed by atoms with E-state index in [2.05, 4.69) is 49.6 Å². The molecule has 4 unspecified atom stereocenters. The molecule has 0 aliphatic heterocycles. The molecule has 2 fully saturated rings. The largest absolute Gasteiger partial charge is 0.389 e. The predicted octanol–water partition coefficient (Wildman–Crippen LogP) is 6.11. The standard InChI is InChI=1S/C20H38O2P2/c1-15(10-14-22-24-23)9-13-20(21)16(2)7-8-17-18(3,4)11-6-12-19(17,20)5/h10,16-17,21,24H,6-9,11-14,23H2,1-5H3/b15-10-/t16?,17?,19-,20+/m0/s1. The predicted molar refractivity (Wildman–Crippen MR) is 110 cm³/mol.